The average Bonchev–Trinajstić information content (AvgIpc) is 3.31. The highest BCUT2D eigenvalue weighted by Gasteiger charge is 2.51. The van der Waals surface area contributed by atoms with E-state index in [4.69, 9.17) is 4.42 Å². The van der Waals surface area contributed by atoms with Crippen molar-refractivity contribution in [3.8, 4) is 0 Å². The second-order valence-corrected chi connectivity index (χ2v) is 11.5. The highest BCUT2D eigenvalue weighted by atomic mass is 19.4. The molecule has 15 heteroatoms. The molecule has 43 heavy (non-hydrogen) atoms. The van der Waals surface area contributed by atoms with Crippen molar-refractivity contribution >= 4 is 23.0 Å². The van der Waals surface area contributed by atoms with Gasteiger partial charge in [-0.15, -0.1) is 0 Å². The van der Waals surface area contributed by atoms with Crippen LogP contribution in [0.2, 0.25) is 0 Å². The van der Waals surface area contributed by atoms with Gasteiger partial charge in [0.1, 0.15) is 23.3 Å². The number of fused-ring (bicyclic) bond motifs is 1. The van der Waals surface area contributed by atoms with Gasteiger partial charge < -0.3 is 20.0 Å². The summed E-state index contributed by atoms with van der Waals surface area (Å²) in [7, 11) is 0. The van der Waals surface area contributed by atoms with E-state index in [1.807, 2.05) is 5.32 Å². The number of carbonyl (C=O) groups is 2. The van der Waals surface area contributed by atoms with Crippen LogP contribution in [0.3, 0.4) is 0 Å². The lowest BCUT2D eigenvalue weighted by Crippen LogP contribution is -2.40. The highest BCUT2D eigenvalue weighted by molar-refractivity contribution is 5.92. The number of halogens is 6. The van der Waals surface area contributed by atoms with Crippen molar-refractivity contribution in [2.75, 3.05) is 6.54 Å². The van der Waals surface area contributed by atoms with Gasteiger partial charge in [-0.05, 0) is 56.6 Å². The monoisotopic (exact) mass is 612 g/mol. The molecule has 3 aliphatic rings. The number of alkyl halides is 5. The van der Waals surface area contributed by atoms with E-state index in [-0.39, 0.29) is 47.0 Å². The standard InChI is InChI=1S/C28H30F6N6O3/c1-2-40-17(9-12-35-40)24(41)37-21(14-7-10-27(30,31)11-8-14)25-38-22-18(43-25)6-5-16(20(22)29)23(15-3-4-15)39-13-19(28(32,33)34)36-26(39)42/h5-6,9,12,14-15,19,21,23H,2-4,7-8,10-11,13H2,1H3,(H,36,42)(H,37,41)/t19-,21-,23+/m0/s1. The van der Waals surface area contributed by atoms with E-state index in [1.54, 1.807) is 6.92 Å². The second-order valence-electron chi connectivity index (χ2n) is 11.5. The van der Waals surface area contributed by atoms with Gasteiger partial charge in [0.15, 0.2) is 11.4 Å². The first-order chi connectivity index (χ1) is 20.4. The summed E-state index contributed by atoms with van der Waals surface area (Å²) >= 11 is 0. The summed E-state index contributed by atoms with van der Waals surface area (Å²) in [5, 5.41) is 8.86. The third-order valence-electron chi connectivity index (χ3n) is 8.64. The molecular formula is C28H30F6N6O3. The molecule has 2 aliphatic carbocycles. The maximum absolute atomic E-state index is 16.1. The number of aromatic nitrogens is 3. The molecule has 1 saturated heterocycles. The molecule has 2 saturated carbocycles. The van der Waals surface area contributed by atoms with Gasteiger partial charge in [0.05, 0.1) is 12.6 Å². The van der Waals surface area contributed by atoms with E-state index < -0.39 is 73.3 Å². The van der Waals surface area contributed by atoms with E-state index >= 15 is 4.39 Å². The molecule has 0 bridgehead atoms. The van der Waals surface area contributed by atoms with Crippen LogP contribution in [-0.2, 0) is 6.54 Å². The van der Waals surface area contributed by atoms with Crippen molar-refractivity contribution in [1.82, 2.24) is 30.3 Å². The number of carbonyl (C=O) groups excluding carboxylic acids is 2. The largest absolute Gasteiger partial charge is 0.438 e. The molecule has 1 aliphatic heterocycles. The molecule has 232 valence electrons. The van der Waals surface area contributed by atoms with Gasteiger partial charge in [0, 0.05) is 31.1 Å². The van der Waals surface area contributed by atoms with Crippen molar-refractivity contribution in [2.24, 2.45) is 11.8 Å². The van der Waals surface area contributed by atoms with E-state index in [9.17, 15) is 31.5 Å². The summed E-state index contributed by atoms with van der Waals surface area (Å²) < 4.78 is 91.6. The maximum atomic E-state index is 16.1. The van der Waals surface area contributed by atoms with E-state index in [0.717, 1.165) is 4.90 Å². The molecule has 3 atom stereocenters. The Morgan fingerprint density at radius 1 is 1.16 bits per heavy atom. The number of benzene rings is 1. The van der Waals surface area contributed by atoms with Gasteiger partial charge in [0.25, 0.3) is 5.91 Å². The van der Waals surface area contributed by atoms with Gasteiger partial charge in [-0.25, -0.2) is 22.9 Å². The SMILES string of the molecule is CCn1nccc1C(=O)N[C@H](c1nc2c(F)c([C@@H](C3CC3)N3C[C@@H](C(F)(F)F)NC3=O)ccc2o1)C1CCC(F)(F)CC1. The van der Waals surface area contributed by atoms with Gasteiger partial charge in [-0.2, -0.15) is 18.3 Å². The van der Waals surface area contributed by atoms with Crippen LogP contribution >= 0.6 is 0 Å². The van der Waals surface area contributed by atoms with E-state index in [2.05, 4.69) is 15.4 Å². The van der Waals surface area contributed by atoms with Crippen molar-refractivity contribution in [3.63, 3.8) is 0 Å². The number of urea groups is 1. The van der Waals surface area contributed by atoms with Crippen molar-refractivity contribution in [3.05, 3.63) is 47.4 Å². The topological polar surface area (TPSA) is 105 Å². The molecule has 3 fully saturated rings. The molecule has 0 spiro atoms. The predicted molar refractivity (Wildman–Crippen MR) is 140 cm³/mol. The lowest BCUT2D eigenvalue weighted by molar-refractivity contribution is -0.150. The first-order valence-corrected chi connectivity index (χ1v) is 14.3. The molecule has 3 aromatic rings. The van der Waals surface area contributed by atoms with Crippen molar-refractivity contribution in [1.29, 1.82) is 0 Å². The third-order valence-corrected chi connectivity index (χ3v) is 8.64. The Bertz CT molecular complexity index is 1520. The molecule has 3 heterocycles. The summed E-state index contributed by atoms with van der Waals surface area (Å²) in [4.78, 5) is 31.2. The Hall–Kier alpha value is -3.78. The van der Waals surface area contributed by atoms with Crippen LogP contribution < -0.4 is 10.6 Å². The average molecular weight is 613 g/mol. The van der Waals surface area contributed by atoms with Crippen LogP contribution in [-0.4, -0.2) is 56.3 Å². The van der Waals surface area contributed by atoms with Gasteiger partial charge in [0.2, 0.25) is 11.8 Å². The lowest BCUT2D eigenvalue weighted by Gasteiger charge is -2.32. The van der Waals surface area contributed by atoms with Crippen LogP contribution in [0.15, 0.2) is 28.8 Å². The van der Waals surface area contributed by atoms with Crippen molar-refractivity contribution in [2.45, 2.75) is 82.2 Å². The number of hydrogen-bond donors (Lipinski definition) is 2. The maximum Gasteiger partial charge on any atom is 0.410 e. The zero-order chi connectivity index (χ0) is 30.7. The predicted octanol–water partition coefficient (Wildman–Crippen LogP) is 5.89. The third kappa shape index (κ3) is 5.65. The Morgan fingerprint density at radius 2 is 1.88 bits per heavy atom. The van der Waals surface area contributed by atoms with Crippen LogP contribution in [0.5, 0.6) is 0 Å². The minimum atomic E-state index is -4.65. The Labute approximate surface area is 242 Å². The fraction of sp³-hybridized carbons (Fsp3) is 0.571. The summed E-state index contributed by atoms with van der Waals surface area (Å²) in [6.07, 6.45) is -2.64. The number of nitrogens with zero attached hydrogens (tertiary/aromatic N) is 4. The normalized spacial score (nSPS) is 22.5. The molecular weight excluding hydrogens is 582 g/mol. The molecule has 1 aromatic carbocycles. The number of aryl methyl sites for hydroxylation is 1. The van der Waals surface area contributed by atoms with E-state index in [1.165, 1.54) is 29.1 Å². The number of amides is 3. The number of rotatable bonds is 8. The summed E-state index contributed by atoms with van der Waals surface area (Å²) in [6, 6.07) is -0.588. The first kappa shape index (κ1) is 29.3. The first-order valence-electron chi connectivity index (χ1n) is 14.3. The van der Waals surface area contributed by atoms with Gasteiger partial charge in [-0.1, -0.05) is 6.07 Å². The lowest BCUT2D eigenvalue weighted by atomic mass is 9.82. The smallest absolute Gasteiger partial charge is 0.410 e. The molecule has 3 amide bonds. The van der Waals surface area contributed by atoms with Crippen molar-refractivity contribution < 1.29 is 40.3 Å². The minimum absolute atomic E-state index is 0.0116. The molecule has 2 N–H and O–H groups in total. The zero-order valence-corrected chi connectivity index (χ0v) is 23.1. The highest BCUT2D eigenvalue weighted by Crippen LogP contribution is 2.48. The van der Waals surface area contributed by atoms with Crippen LogP contribution in [0.1, 0.15) is 79.5 Å². The minimum Gasteiger partial charge on any atom is -0.438 e. The van der Waals surface area contributed by atoms with Crippen LogP contribution in [0.25, 0.3) is 11.1 Å². The van der Waals surface area contributed by atoms with Crippen LogP contribution in [0.4, 0.5) is 31.1 Å². The Morgan fingerprint density at radius 3 is 2.51 bits per heavy atom. The molecule has 2 aromatic heterocycles. The number of hydrogen-bond acceptors (Lipinski definition) is 5. The molecule has 9 nitrogen and oxygen atoms in total. The summed E-state index contributed by atoms with van der Waals surface area (Å²) in [5.41, 5.74) is 0.0528. The quantitative estimate of drug-likeness (QED) is 0.309. The fourth-order valence-electron chi connectivity index (χ4n) is 6.20. The number of oxazole rings is 1. The van der Waals surface area contributed by atoms with E-state index in [0.29, 0.717) is 19.4 Å². The van der Waals surface area contributed by atoms with Crippen LogP contribution in [0, 0.1) is 17.7 Å². The fourth-order valence-corrected chi connectivity index (χ4v) is 6.20. The molecule has 0 unspecified atom stereocenters. The second kappa shape index (κ2) is 10.7. The molecule has 0 radical (unpaired) electrons. The van der Waals surface area contributed by atoms with Gasteiger partial charge >= 0.3 is 12.2 Å². The zero-order valence-electron chi connectivity index (χ0n) is 23.1. The van der Waals surface area contributed by atoms with Gasteiger partial charge in [-0.3, -0.25) is 9.48 Å². The summed E-state index contributed by atoms with van der Waals surface area (Å²) in [5.74, 6) is -5.00. The molecule has 6 rings (SSSR count). The Balaban J connectivity index is 1.34. The number of nitrogens with one attached hydrogen (secondary N) is 2. The Kier molecular flexibility index (Phi) is 7.32. The summed E-state index contributed by atoms with van der Waals surface area (Å²) in [6.45, 7) is 1.56.